The molecule has 0 saturated carbocycles. The zero-order chi connectivity index (χ0) is 25.2. The van der Waals surface area contributed by atoms with Gasteiger partial charge in [0.15, 0.2) is 0 Å². The van der Waals surface area contributed by atoms with Crippen molar-refractivity contribution >= 4 is 26.8 Å². The first-order chi connectivity index (χ1) is 16.7. The van der Waals surface area contributed by atoms with Gasteiger partial charge in [-0.1, -0.05) is 30.3 Å². The van der Waals surface area contributed by atoms with Gasteiger partial charge in [-0.3, -0.25) is 4.79 Å². The number of ether oxygens (including phenoxy) is 1. The summed E-state index contributed by atoms with van der Waals surface area (Å²) < 4.78 is 28.7. The fourth-order valence-corrected chi connectivity index (χ4v) is 4.83. The fraction of sp³-hybridized carbons (Fsp3) is 0.222. The number of benzene rings is 3. The Hall–Kier alpha value is -3.62. The average molecular weight is 492 g/mol. The minimum absolute atomic E-state index is 0.0330. The highest BCUT2D eigenvalue weighted by atomic mass is 32.2. The fourth-order valence-electron chi connectivity index (χ4n) is 4.26. The van der Waals surface area contributed by atoms with Crippen LogP contribution in [0.1, 0.15) is 30.5 Å². The topological polar surface area (TPSA) is 105 Å². The van der Waals surface area contributed by atoms with Crippen LogP contribution >= 0.6 is 0 Å². The van der Waals surface area contributed by atoms with Gasteiger partial charge in [0.1, 0.15) is 5.75 Å². The summed E-state index contributed by atoms with van der Waals surface area (Å²) in [5.41, 5.74) is 4.81. The Kier molecular flexibility index (Phi) is 6.95. The van der Waals surface area contributed by atoms with E-state index in [0.717, 1.165) is 33.5 Å². The minimum atomic E-state index is -3.82. The van der Waals surface area contributed by atoms with E-state index in [4.69, 9.17) is 9.88 Å². The first-order valence-electron chi connectivity index (χ1n) is 11.3. The number of para-hydroxylation sites is 1. The van der Waals surface area contributed by atoms with Crippen LogP contribution in [0.2, 0.25) is 0 Å². The largest absolute Gasteiger partial charge is 0.497 e. The third-order valence-corrected chi connectivity index (χ3v) is 7.34. The van der Waals surface area contributed by atoms with Crippen molar-refractivity contribution in [1.82, 2.24) is 9.88 Å². The number of carbonyl (C=O) groups excluding carboxylic acids is 1. The standard InChI is InChI=1S/C27H29N3O4S/c1-18(20-7-6-8-22(17-20)35(28,32)33)30(2)26(31)16-15-24-23-9-4-5-10-25(23)29-27(24)19-11-13-21(34-3)14-12-19/h4-14,17-18,29H,15-16H2,1-3H3,(H2,28,32,33). The Bertz CT molecular complexity index is 1460. The van der Waals surface area contributed by atoms with E-state index in [1.807, 2.05) is 49.4 Å². The zero-order valence-electron chi connectivity index (χ0n) is 20.0. The number of nitrogens with two attached hydrogens (primary N) is 1. The lowest BCUT2D eigenvalue weighted by molar-refractivity contribution is -0.131. The van der Waals surface area contributed by atoms with Gasteiger partial charge in [0.2, 0.25) is 15.9 Å². The van der Waals surface area contributed by atoms with Crippen molar-refractivity contribution in [2.75, 3.05) is 14.2 Å². The van der Waals surface area contributed by atoms with Crippen LogP contribution in [0, 0.1) is 0 Å². The van der Waals surface area contributed by atoms with Crippen LogP contribution in [0.4, 0.5) is 0 Å². The SMILES string of the molecule is COc1ccc(-c2[nH]c3ccccc3c2CCC(=O)N(C)C(C)c2cccc(S(N)(=O)=O)c2)cc1. The number of hydrogen-bond acceptors (Lipinski definition) is 4. The van der Waals surface area contributed by atoms with Crippen LogP contribution in [0.5, 0.6) is 5.75 Å². The first kappa shape index (κ1) is 24.5. The number of aryl methyl sites for hydroxylation is 1. The molecule has 1 amide bonds. The summed E-state index contributed by atoms with van der Waals surface area (Å²) in [6.07, 6.45) is 0.860. The minimum Gasteiger partial charge on any atom is -0.497 e. The molecule has 182 valence electrons. The van der Waals surface area contributed by atoms with Crippen LogP contribution in [-0.4, -0.2) is 38.4 Å². The Balaban J connectivity index is 1.56. The van der Waals surface area contributed by atoms with E-state index in [1.165, 1.54) is 12.1 Å². The highest BCUT2D eigenvalue weighted by Gasteiger charge is 2.21. The maximum Gasteiger partial charge on any atom is 0.238 e. The molecule has 4 rings (SSSR count). The van der Waals surface area contributed by atoms with Crippen molar-refractivity contribution in [3.63, 3.8) is 0 Å². The van der Waals surface area contributed by atoms with E-state index in [2.05, 4.69) is 11.1 Å². The molecule has 35 heavy (non-hydrogen) atoms. The Morgan fingerprint density at radius 2 is 1.77 bits per heavy atom. The van der Waals surface area contributed by atoms with Gasteiger partial charge in [-0.25, -0.2) is 13.6 Å². The molecule has 0 radical (unpaired) electrons. The van der Waals surface area contributed by atoms with E-state index in [9.17, 15) is 13.2 Å². The number of nitrogens with one attached hydrogen (secondary N) is 1. The van der Waals surface area contributed by atoms with Gasteiger partial charge in [-0.05, 0) is 72.5 Å². The highest BCUT2D eigenvalue weighted by molar-refractivity contribution is 7.89. The molecular weight excluding hydrogens is 462 g/mol. The normalized spacial score (nSPS) is 12.5. The summed E-state index contributed by atoms with van der Waals surface area (Å²) in [6, 6.07) is 22.0. The number of sulfonamides is 1. The van der Waals surface area contributed by atoms with Crippen molar-refractivity contribution < 1.29 is 17.9 Å². The van der Waals surface area contributed by atoms with Gasteiger partial charge >= 0.3 is 0 Å². The Morgan fingerprint density at radius 1 is 1.06 bits per heavy atom. The average Bonchev–Trinajstić information content (AvgIpc) is 3.24. The molecule has 8 heteroatoms. The number of aromatic amines is 1. The van der Waals surface area contributed by atoms with E-state index in [1.54, 1.807) is 31.2 Å². The summed E-state index contributed by atoms with van der Waals surface area (Å²) in [5.74, 6) is 0.744. The highest BCUT2D eigenvalue weighted by Crippen LogP contribution is 2.32. The number of methoxy groups -OCH3 is 1. The van der Waals surface area contributed by atoms with Crippen molar-refractivity contribution in [3.05, 3.63) is 83.9 Å². The van der Waals surface area contributed by atoms with Crippen molar-refractivity contribution in [1.29, 1.82) is 0 Å². The molecule has 0 aliphatic rings. The van der Waals surface area contributed by atoms with Crippen LogP contribution in [-0.2, 0) is 21.2 Å². The van der Waals surface area contributed by atoms with E-state index < -0.39 is 10.0 Å². The molecule has 0 aliphatic heterocycles. The quantitative estimate of drug-likeness (QED) is 0.374. The molecular formula is C27H29N3O4S. The molecule has 4 aromatic rings. The lowest BCUT2D eigenvalue weighted by Gasteiger charge is -2.26. The second-order valence-corrected chi connectivity index (χ2v) is 10.1. The number of rotatable bonds is 8. The molecule has 7 nitrogen and oxygen atoms in total. The maximum absolute atomic E-state index is 13.2. The van der Waals surface area contributed by atoms with Crippen LogP contribution < -0.4 is 9.88 Å². The molecule has 0 bridgehead atoms. The Labute approximate surface area is 205 Å². The number of aromatic nitrogens is 1. The van der Waals surface area contributed by atoms with E-state index in [0.29, 0.717) is 18.4 Å². The number of carbonyl (C=O) groups is 1. The first-order valence-corrected chi connectivity index (χ1v) is 12.9. The molecule has 3 aromatic carbocycles. The molecule has 0 fully saturated rings. The predicted molar refractivity (Wildman–Crippen MR) is 138 cm³/mol. The summed E-state index contributed by atoms with van der Waals surface area (Å²) >= 11 is 0. The number of amides is 1. The van der Waals surface area contributed by atoms with Crippen LogP contribution in [0.15, 0.2) is 77.7 Å². The molecule has 1 atom stereocenters. The summed E-state index contributed by atoms with van der Waals surface area (Å²) in [7, 11) is -0.447. The smallest absolute Gasteiger partial charge is 0.238 e. The van der Waals surface area contributed by atoms with Gasteiger partial charge in [0, 0.05) is 30.1 Å². The molecule has 0 saturated heterocycles. The van der Waals surface area contributed by atoms with Crippen LogP contribution in [0.3, 0.4) is 0 Å². The second kappa shape index (κ2) is 9.93. The number of fused-ring (bicyclic) bond motifs is 1. The second-order valence-electron chi connectivity index (χ2n) is 8.55. The lowest BCUT2D eigenvalue weighted by Crippen LogP contribution is -2.30. The number of hydrogen-bond donors (Lipinski definition) is 2. The molecule has 3 N–H and O–H groups in total. The van der Waals surface area contributed by atoms with Crippen molar-refractivity contribution in [2.45, 2.75) is 30.7 Å². The summed E-state index contributed by atoms with van der Waals surface area (Å²) in [5, 5.41) is 6.35. The third-order valence-electron chi connectivity index (χ3n) is 6.42. The number of H-pyrrole nitrogens is 1. The molecule has 0 spiro atoms. The molecule has 1 heterocycles. The van der Waals surface area contributed by atoms with Crippen molar-refractivity contribution in [3.8, 4) is 17.0 Å². The van der Waals surface area contributed by atoms with E-state index >= 15 is 0 Å². The maximum atomic E-state index is 13.2. The van der Waals surface area contributed by atoms with Crippen molar-refractivity contribution in [2.24, 2.45) is 5.14 Å². The van der Waals surface area contributed by atoms with Gasteiger partial charge in [0.05, 0.1) is 18.0 Å². The van der Waals surface area contributed by atoms with Gasteiger partial charge < -0.3 is 14.6 Å². The predicted octanol–water partition coefficient (Wildman–Crippen LogP) is 4.64. The summed E-state index contributed by atoms with van der Waals surface area (Å²) in [4.78, 5) is 18.3. The van der Waals surface area contributed by atoms with E-state index in [-0.39, 0.29) is 16.8 Å². The Morgan fingerprint density at radius 3 is 2.46 bits per heavy atom. The molecule has 0 aliphatic carbocycles. The van der Waals surface area contributed by atoms with Gasteiger partial charge in [0.25, 0.3) is 0 Å². The lowest BCUT2D eigenvalue weighted by atomic mass is 10.00. The monoisotopic (exact) mass is 491 g/mol. The molecule has 1 aromatic heterocycles. The summed E-state index contributed by atoms with van der Waals surface area (Å²) in [6.45, 7) is 1.87. The van der Waals surface area contributed by atoms with Crippen LogP contribution in [0.25, 0.3) is 22.2 Å². The number of nitrogens with zero attached hydrogens (tertiary/aromatic N) is 1. The van der Waals surface area contributed by atoms with Gasteiger partial charge in [-0.15, -0.1) is 0 Å². The number of primary sulfonamides is 1. The molecule has 1 unspecified atom stereocenters. The van der Waals surface area contributed by atoms with Gasteiger partial charge in [-0.2, -0.15) is 0 Å². The zero-order valence-corrected chi connectivity index (χ0v) is 20.8. The third kappa shape index (κ3) is 5.23.